The zero-order valence-corrected chi connectivity index (χ0v) is 14.6. The van der Waals surface area contributed by atoms with Gasteiger partial charge in [-0.1, -0.05) is 6.58 Å². The van der Waals surface area contributed by atoms with Gasteiger partial charge >= 0.3 is 5.97 Å². The lowest BCUT2D eigenvalue weighted by Crippen LogP contribution is -2.38. The molecule has 7 nitrogen and oxygen atoms in total. The summed E-state index contributed by atoms with van der Waals surface area (Å²) in [5, 5.41) is 0. The van der Waals surface area contributed by atoms with Gasteiger partial charge in [0.2, 0.25) is 5.91 Å². The molecule has 0 aliphatic carbocycles. The van der Waals surface area contributed by atoms with Gasteiger partial charge < -0.3 is 23.7 Å². The van der Waals surface area contributed by atoms with Gasteiger partial charge in [0.15, 0.2) is 5.79 Å². The van der Waals surface area contributed by atoms with Crippen molar-refractivity contribution in [3.05, 3.63) is 36.2 Å². The van der Waals surface area contributed by atoms with Gasteiger partial charge in [-0.15, -0.1) is 0 Å². The van der Waals surface area contributed by atoms with Gasteiger partial charge in [-0.25, -0.2) is 4.79 Å². The number of carbonyl (C=O) groups is 2. The van der Waals surface area contributed by atoms with Crippen molar-refractivity contribution in [3.63, 3.8) is 0 Å². The average molecular weight is 336 g/mol. The number of ether oxygens (including phenoxy) is 3. The molecule has 0 saturated carbocycles. The minimum Gasteiger partial charge on any atom is -0.464 e. The van der Waals surface area contributed by atoms with Crippen LogP contribution in [-0.2, 0) is 32.6 Å². The van der Waals surface area contributed by atoms with E-state index >= 15 is 0 Å². The molecule has 24 heavy (non-hydrogen) atoms. The van der Waals surface area contributed by atoms with E-state index in [0.29, 0.717) is 25.4 Å². The van der Waals surface area contributed by atoms with E-state index in [-0.39, 0.29) is 12.0 Å². The van der Waals surface area contributed by atoms with Crippen LogP contribution in [0.1, 0.15) is 30.0 Å². The van der Waals surface area contributed by atoms with Crippen LogP contribution in [0.15, 0.2) is 24.8 Å². The molecule has 0 N–H and O–H groups in total. The second-order valence-corrected chi connectivity index (χ2v) is 6.13. The molecule has 1 aromatic heterocycles. The normalized spacial score (nSPS) is 19.1. The number of aromatic nitrogens is 1. The molecule has 1 saturated heterocycles. The summed E-state index contributed by atoms with van der Waals surface area (Å²) < 4.78 is 17.8. The predicted molar refractivity (Wildman–Crippen MR) is 87.3 cm³/mol. The Morgan fingerprint density at radius 2 is 2.21 bits per heavy atom. The fraction of sp³-hybridized carbons (Fsp3) is 0.529. The average Bonchev–Trinajstić information content (AvgIpc) is 3.07. The van der Waals surface area contributed by atoms with Gasteiger partial charge in [0.1, 0.15) is 11.8 Å². The molecule has 0 spiro atoms. The zero-order valence-electron chi connectivity index (χ0n) is 14.6. The number of carbonyl (C=O) groups excluding carboxylic acids is 2. The molecule has 2 heterocycles. The quantitative estimate of drug-likeness (QED) is 0.581. The van der Waals surface area contributed by atoms with Gasteiger partial charge in [0.05, 0.1) is 20.3 Å². The first kappa shape index (κ1) is 18.2. The van der Waals surface area contributed by atoms with Crippen molar-refractivity contribution in [1.29, 1.82) is 0 Å². The van der Waals surface area contributed by atoms with Gasteiger partial charge in [-0.2, -0.15) is 0 Å². The summed E-state index contributed by atoms with van der Waals surface area (Å²) in [7, 11) is 3.10. The second kappa shape index (κ2) is 7.19. The van der Waals surface area contributed by atoms with Crippen molar-refractivity contribution >= 4 is 11.9 Å². The van der Waals surface area contributed by atoms with Gasteiger partial charge in [0, 0.05) is 19.3 Å². The van der Waals surface area contributed by atoms with Gasteiger partial charge in [0.25, 0.3) is 0 Å². The third-order valence-electron chi connectivity index (χ3n) is 3.95. The van der Waals surface area contributed by atoms with E-state index in [1.807, 2.05) is 13.8 Å². The molecule has 2 rings (SSSR count). The lowest BCUT2D eigenvalue weighted by molar-refractivity contribution is -0.145. The molecule has 0 aromatic carbocycles. The van der Waals surface area contributed by atoms with Crippen molar-refractivity contribution in [2.75, 3.05) is 20.3 Å². The Hall–Kier alpha value is -2.12. The van der Waals surface area contributed by atoms with E-state index in [9.17, 15) is 9.59 Å². The van der Waals surface area contributed by atoms with Gasteiger partial charge in [-0.3, -0.25) is 4.79 Å². The summed E-state index contributed by atoms with van der Waals surface area (Å²) >= 11 is 0. The number of esters is 1. The summed E-state index contributed by atoms with van der Waals surface area (Å²) in [6, 6.07) is 3.47. The number of nitrogens with zero attached hydrogens (tertiary/aromatic N) is 2. The summed E-state index contributed by atoms with van der Waals surface area (Å²) in [5.41, 5.74) is 1.24. The molecule has 1 aromatic rings. The Morgan fingerprint density at radius 3 is 2.75 bits per heavy atom. The van der Waals surface area contributed by atoms with E-state index < -0.39 is 11.8 Å². The Kier molecular flexibility index (Phi) is 5.46. The molecule has 1 atom stereocenters. The Morgan fingerprint density at radius 1 is 1.50 bits per heavy atom. The first-order valence-corrected chi connectivity index (χ1v) is 7.73. The summed E-state index contributed by atoms with van der Waals surface area (Å²) in [5.74, 6) is -1.26. The van der Waals surface area contributed by atoms with Crippen LogP contribution in [0, 0.1) is 0 Å². The van der Waals surface area contributed by atoms with Crippen molar-refractivity contribution < 1.29 is 23.8 Å². The maximum absolute atomic E-state index is 12.2. The van der Waals surface area contributed by atoms with Crippen LogP contribution in [0.5, 0.6) is 0 Å². The van der Waals surface area contributed by atoms with Crippen molar-refractivity contribution in [2.45, 2.75) is 32.3 Å². The first-order valence-electron chi connectivity index (χ1n) is 7.73. The maximum Gasteiger partial charge on any atom is 0.354 e. The molecule has 7 heteroatoms. The largest absolute Gasteiger partial charge is 0.464 e. The Labute approximate surface area is 141 Å². The monoisotopic (exact) mass is 336 g/mol. The minimum atomic E-state index is -0.642. The van der Waals surface area contributed by atoms with E-state index in [1.165, 1.54) is 13.2 Å². The fourth-order valence-corrected chi connectivity index (χ4v) is 2.68. The predicted octanol–water partition coefficient (Wildman–Crippen LogP) is 1.48. The van der Waals surface area contributed by atoms with E-state index in [4.69, 9.17) is 14.2 Å². The highest BCUT2D eigenvalue weighted by Gasteiger charge is 2.34. The molecule has 132 valence electrons. The number of hydrogen-bond donors (Lipinski definition) is 0. The molecule has 1 amide bonds. The SMILES string of the molecule is C=CC(=O)N(Cc1ccc(C(=O)OC)n1C)C[C@H]1COC(C)(C)O1. The lowest BCUT2D eigenvalue weighted by Gasteiger charge is -2.25. The van der Waals surface area contributed by atoms with Crippen LogP contribution in [-0.4, -0.2) is 53.5 Å². The number of hydrogen-bond acceptors (Lipinski definition) is 5. The summed E-state index contributed by atoms with van der Waals surface area (Å²) in [4.78, 5) is 25.5. The van der Waals surface area contributed by atoms with Crippen LogP contribution in [0.3, 0.4) is 0 Å². The molecular weight excluding hydrogens is 312 g/mol. The van der Waals surface area contributed by atoms with Gasteiger partial charge in [-0.05, 0) is 32.1 Å². The zero-order chi connectivity index (χ0) is 17.9. The van der Waals surface area contributed by atoms with Crippen molar-refractivity contribution in [2.24, 2.45) is 7.05 Å². The first-order chi connectivity index (χ1) is 11.3. The smallest absolute Gasteiger partial charge is 0.354 e. The minimum absolute atomic E-state index is 0.204. The molecule has 0 unspecified atom stereocenters. The second-order valence-electron chi connectivity index (χ2n) is 6.13. The fourth-order valence-electron chi connectivity index (χ4n) is 2.68. The van der Waals surface area contributed by atoms with Crippen molar-refractivity contribution in [1.82, 2.24) is 9.47 Å². The molecule has 1 fully saturated rings. The number of methoxy groups -OCH3 is 1. The van der Waals surface area contributed by atoms with Crippen LogP contribution < -0.4 is 0 Å². The third kappa shape index (κ3) is 4.04. The highest BCUT2D eigenvalue weighted by molar-refractivity contribution is 5.88. The highest BCUT2D eigenvalue weighted by Crippen LogP contribution is 2.23. The lowest BCUT2D eigenvalue weighted by atomic mass is 10.3. The van der Waals surface area contributed by atoms with E-state index in [1.54, 1.807) is 28.6 Å². The van der Waals surface area contributed by atoms with E-state index in [0.717, 1.165) is 5.69 Å². The van der Waals surface area contributed by atoms with Crippen LogP contribution in [0.25, 0.3) is 0 Å². The third-order valence-corrected chi connectivity index (χ3v) is 3.95. The van der Waals surface area contributed by atoms with Crippen LogP contribution >= 0.6 is 0 Å². The summed E-state index contributed by atoms with van der Waals surface area (Å²) in [6.07, 6.45) is 1.06. The molecule has 0 bridgehead atoms. The van der Waals surface area contributed by atoms with Crippen LogP contribution in [0.4, 0.5) is 0 Å². The molecule has 1 aliphatic heterocycles. The molecular formula is C17H24N2O5. The number of amides is 1. The van der Waals surface area contributed by atoms with Crippen LogP contribution in [0.2, 0.25) is 0 Å². The topological polar surface area (TPSA) is 70.0 Å². The standard InChI is InChI=1S/C17H24N2O5/c1-6-15(20)19(10-13-11-23-17(2,3)24-13)9-12-7-8-14(18(12)4)16(21)22-5/h6-8,13H,1,9-11H2,2-5H3/t13-/m0/s1. The van der Waals surface area contributed by atoms with Crippen molar-refractivity contribution in [3.8, 4) is 0 Å². The Bertz CT molecular complexity index is 635. The molecule has 1 aliphatic rings. The number of rotatable bonds is 6. The Balaban J connectivity index is 2.12. The summed E-state index contributed by atoms with van der Waals surface area (Å²) in [6.45, 7) is 8.37. The highest BCUT2D eigenvalue weighted by atomic mass is 16.7. The maximum atomic E-state index is 12.2. The molecule has 0 radical (unpaired) electrons. The van der Waals surface area contributed by atoms with E-state index in [2.05, 4.69) is 6.58 Å².